The Morgan fingerprint density at radius 3 is 2.74 bits per heavy atom. The Kier molecular flexibility index (Phi) is 4.28. The number of tetrazole rings is 1. The topological polar surface area (TPSA) is 90.2 Å². The first-order valence-electron chi connectivity index (χ1n) is 7.03. The zero-order chi connectivity index (χ0) is 16.4. The summed E-state index contributed by atoms with van der Waals surface area (Å²) in [5.41, 5.74) is 2.97. The lowest BCUT2D eigenvalue weighted by Gasteiger charge is -2.12. The molecule has 0 spiro atoms. The lowest BCUT2D eigenvalue weighted by Crippen LogP contribution is -2.33. The van der Waals surface area contributed by atoms with Gasteiger partial charge in [-0.1, -0.05) is 30.0 Å². The number of imide groups is 1. The van der Waals surface area contributed by atoms with Crippen molar-refractivity contribution >= 4 is 23.8 Å². The fraction of sp³-hybridized carbons (Fsp3) is 0.357. The molecule has 9 heteroatoms. The number of thioether (sulfide) groups is 1. The number of rotatable bonds is 4. The van der Waals surface area contributed by atoms with Crippen molar-refractivity contribution in [1.82, 2.24) is 25.1 Å². The van der Waals surface area contributed by atoms with Crippen molar-refractivity contribution in [3.63, 3.8) is 0 Å². The summed E-state index contributed by atoms with van der Waals surface area (Å²) in [6.07, 6.45) is -0.593. The molecular formula is C14H15N5O3S. The van der Waals surface area contributed by atoms with E-state index >= 15 is 0 Å². The molecule has 0 radical (unpaired) electrons. The molecule has 3 rings (SSSR count). The lowest BCUT2D eigenvalue weighted by atomic mass is 10.1. The molecule has 0 N–H and O–H groups in total. The van der Waals surface area contributed by atoms with Gasteiger partial charge in [-0.3, -0.25) is 4.79 Å². The smallest absolute Gasteiger partial charge is 0.416 e. The molecule has 1 fully saturated rings. The predicted octanol–water partition coefficient (Wildman–Crippen LogP) is 1.35. The van der Waals surface area contributed by atoms with Crippen molar-refractivity contribution in [3.05, 3.63) is 29.3 Å². The summed E-state index contributed by atoms with van der Waals surface area (Å²) >= 11 is 1.19. The van der Waals surface area contributed by atoms with Gasteiger partial charge in [-0.05, 0) is 35.4 Å². The van der Waals surface area contributed by atoms with E-state index in [1.54, 1.807) is 4.68 Å². The number of carbonyl (C=O) groups excluding carboxylic acids is 2. The van der Waals surface area contributed by atoms with Gasteiger partial charge in [0, 0.05) is 0 Å². The van der Waals surface area contributed by atoms with Crippen molar-refractivity contribution in [2.75, 3.05) is 18.9 Å². The number of ether oxygens (including phenoxy) is 1. The van der Waals surface area contributed by atoms with Crippen molar-refractivity contribution in [1.29, 1.82) is 0 Å². The van der Waals surface area contributed by atoms with Crippen LogP contribution in [0, 0.1) is 13.8 Å². The van der Waals surface area contributed by atoms with Crippen molar-refractivity contribution < 1.29 is 14.3 Å². The SMILES string of the molecule is Cc1cccc(C)c1-n1nnnc1SCC(=O)N1CCOC1=O. The molecule has 2 amide bonds. The second kappa shape index (κ2) is 6.37. The van der Waals surface area contributed by atoms with Gasteiger partial charge in [0.1, 0.15) is 6.61 Å². The maximum atomic E-state index is 12.1. The third-order valence-electron chi connectivity index (χ3n) is 3.48. The van der Waals surface area contributed by atoms with Crippen LogP contribution in [0.15, 0.2) is 23.4 Å². The van der Waals surface area contributed by atoms with E-state index in [-0.39, 0.29) is 18.3 Å². The number of hydrogen-bond donors (Lipinski definition) is 0. The van der Waals surface area contributed by atoms with Gasteiger partial charge in [-0.25, -0.2) is 9.69 Å². The maximum Gasteiger partial charge on any atom is 0.416 e. The highest BCUT2D eigenvalue weighted by molar-refractivity contribution is 7.99. The van der Waals surface area contributed by atoms with Crippen LogP contribution in [0.1, 0.15) is 11.1 Å². The van der Waals surface area contributed by atoms with E-state index in [9.17, 15) is 9.59 Å². The molecule has 0 unspecified atom stereocenters. The summed E-state index contributed by atoms with van der Waals surface area (Å²) in [5, 5.41) is 12.2. The molecule has 23 heavy (non-hydrogen) atoms. The van der Waals surface area contributed by atoms with Crippen LogP contribution in [0.25, 0.3) is 5.69 Å². The van der Waals surface area contributed by atoms with E-state index in [0.29, 0.717) is 11.7 Å². The maximum absolute atomic E-state index is 12.1. The normalized spacial score (nSPS) is 14.2. The van der Waals surface area contributed by atoms with Crippen LogP contribution in [0.3, 0.4) is 0 Å². The van der Waals surface area contributed by atoms with Gasteiger partial charge in [0.15, 0.2) is 0 Å². The summed E-state index contributed by atoms with van der Waals surface area (Å²) in [7, 11) is 0. The fourth-order valence-electron chi connectivity index (χ4n) is 2.37. The summed E-state index contributed by atoms with van der Waals surface area (Å²) < 4.78 is 6.38. The number of aromatic nitrogens is 4. The number of hydrogen-bond acceptors (Lipinski definition) is 7. The second-order valence-electron chi connectivity index (χ2n) is 5.06. The Hall–Kier alpha value is -2.42. The number of nitrogens with zero attached hydrogens (tertiary/aromatic N) is 5. The van der Waals surface area contributed by atoms with Gasteiger partial charge in [0.25, 0.3) is 0 Å². The fourth-order valence-corrected chi connectivity index (χ4v) is 3.13. The Morgan fingerprint density at radius 2 is 2.09 bits per heavy atom. The van der Waals surface area contributed by atoms with Gasteiger partial charge in [-0.15, -0.1) is 5.10 Å². The zero-order valence-corrected chi connectivity index (χ0v) is 13.5. The highest BCUT2D eigenvalue weighted by Crippen LogP contribution is 2.23. The van der Waals surface area contributed by atoms with Crippen LogP contribution in [0.2, 0.25) is 0 Å². The highest BCUT2D eigenvalue weighted by Gasteiger charge is 2.28. The molecule has 1 aromatic carbocycles. The van der Waals surface area contributed by atoms with E-state index in [4.69, 9.17) is 4.74 Å². The molecule has 2 aromatic rings. The highest BCUT2D eigenvalue weighted by atomic mass is 32.2. The molecule has 8 nitrogen and oxygen atoms in total. The van der Waals surface area contributed by atoms with E-state index < -0.39 is 6.09 Å². The number of aryl methyl sites for hydroxylation is 2. The molecule has 0 saturated carbocycles. The molecule has 0 bridgehead atoms. The molecule has 1 aliphatic heterocycles. The quantitative estimate of drug-likeness (QED) is 0.780. The third kappa shape index (κ3) is 3.04. The van der Waals surface area contributed by atoms with E-state index in [1.807, 2.05) is 32.0 Å². The minimum atomic E-state index is -0.593. The minimum absolute atomic E-state index is 0.0698. The molecule has 1 aromatic heterocycles. The first kappa shape index (κ1) is 15.5. The van der Waals surface area contributed by atoms with Gasteiger partial charge < -0.3 is 4.74 Å². The summed E-state index contributed by atoms with van der Waals surface area (Å²) in [4.78, 5) is 24.5. The molecule has 0 aliphatic carbocycles. The predicted molar refractivity (Wildman–Crippen MR) is 82.4 cm³/mol. The van der Waals surface area contributed by atoms with Crippen molar-refractivity contribution in [3.8, 4) is 5.69 Å². The second-order valence-corrected chi connectivity index (χ2v) is 6.00. The average Bonchev–Trinajstić information content (AvgIpc) is 3.14. The van der Waals surface area contributed by atoms with Gasteiger partial charge >= 0.3 is 6.09 Å². The summed E-state index contributed by atoms with van der Waals surface area (Å²) in [5.74, 6) is -0.242. The number of para-hydroxylation sites is 1. The Morgan fingerprint density at radius 1 is 1.35 bits per heavy atom. The Labute approximate surface area is 136 Å². The van der Waals surface area contributed by atoms with Crippen LogP contribution < -0.4 is 0 Å². The van der Waals surface area contributed by atoms with Crippen molar-refractivity contribution in [2.45, 2.75) is 19.0 Å². The van der Waals surface area contributed by atoms with Crippen LogP contribution in [-0.2, 0) is 9.53 Å². The first-order valence-corrected chi connectivity index (χ1v) is 8.01. The standard InChI is InChI=1S/C14H15N5O3S/c1-9-4-3-5-10(2)12(9)19-13(15-16-17-19)23-8-11(20)18-6-7-22-14(18)21/h3-5H,6-8H2,1-2H3. The number of carbonyl (C=O) groups is 2. The van der Waals surface area contributed by atoms with E-state index in [0.717, 1.165) is 21.7 Å². The van der Waals surface area contributed by atoms with Crippen LogP contribution in [-0.4, -0.2) is 56.0 Å². The molecular weight excluding hydrogens is 318 g/mol. The molecule has 2 heterocycles. The summed E-state index contributed by atoms with van der Waals surface area (Å²) in [6.45, 7) is 4.49. The molecule has 120 valence electrons. The van der Waals surface area contributed by atoms with Gasteiger partial charge in [0.2, 0.25) is 11.1 Å². The Bertz CT molecular complexity index is 740. The Balaban J connectivity index is 1.77. The monoisotopic (exact) mass is 333 g/mol. The first-order chi connectivity index (χ1) is 11.1. The lowest BCUT2D eigenvalue weighted by molar-refractivity contribution is -0.125. The zero-order valence-electron chi connectivity index (χ0n) is 12.7. The molecule has 1 saturated heterocycles. The minimum Gasteiger partial charge on any atom is -0.447 e. The van der Waals surface area contributed by atoms with Gasteiger partial charge in [0.05, 0.1) is 18.0 Å². The van der Waals surface area contributed by atoms with Crippen LogP contribution >= 0.6 is 11.8 Å². The number of amides is 2. The van der Waals surface area contributed by atoms with Crippen LogP contribution in [0.4, 0.5) is 4.79 Å². The summed E-state index contributed by atoms with van der Waals surface area (Å²) in [6, 6.07) is 5.92. The molecule has 1 aliphatic rings. The van der Waals surface area contributed by atoms with Gasteiger partial charge in [-0.2, -0.15) is 4.68 Å². The number of cyclic esters (lactones) is 1. The van der Waals surface area contributed by atoms with Crippen LogP contribution in [0.5, 0.6) is 0 Å². The van der Waals surface area contributed by atoms with E-state index in [1.165, 1.54) is 11.8 Å². The molecule has 0 atom stereocenters. The largest absolute Gasteiger partial charge is 0.447 e. The third-order valence-corrected chi connectivity index (χ3v) is 4.38. The average molecular weight is 333 g/mol. The van der Waals surface area contributed by atoms with Crippen molar-refractivity contribution in [2.24, 2.45) is 0 Å². The number of benzene rings is 1. The van der Waals surface area contributed by atoms with E-state index in [2.05, 4.69) is 15.5 Å².